The number of halogens is 1. The molecule has 0 radical (unpaired) electrons. The molecule has 1 unspecified atom stereocenters. The van der Waals surface area contributed by atoms with Crippen LogP contribution in [0.15, 0.2) is 18.3 Å². The van der Waals surface area contributed by atoms with E-state index in [4.69, 9.17) is 11.6 Å². The molecule has 0 saturated carbocycles. The predicted octanol–water partition coefficient (Wildman–Crippen LogP) is 2.67. The fourth-order valence-corrected chi connectivity index (χ4v) is 4.41. The summed E-state index contributed by atoms with van der Waals surface area (Å²) in [6.45, 7) is 1.87. The summed E-state index contributed by atoms with van der Waals surface area (Å²) in [7, 11) is 0. The van der Waals surface area contributed by atoms with Gasteiger partial charge in [-0.3, -0.25) is 0 Å². The molecule has 1 saturated heterocycles. The van der Waals surface area contributed by atoms with Crippen molar-refractivity contribution in [3.8, 4) is 0 Å². The second kappa shape index (κ2) is 6.74. The van der Waals surface area contributed by atoms with Crippen molar-refractivity contribution in [3.05, 3.63) is 29.0 Å². The van der Waals surface area contributed by atoms with Crippen molar-refractivity contribution in [3.63, 3.8) is 0 Å². The van der Waals surface area contributed by atoms with Crippen molar-refractivity contribution in [1.29, 1.82) is 0 Å². The van der Waals surface area contributed by atoms with Crippen molar-refractivity contribution in [2.75, 3.05) is 23.8 Å². The van der Waals surface area contributed by atoms with E-state index in [-0.39, 0.29) is 0 Å². The lowest BCUT2D eigenvalue weighted by Crippen LogP contribution is -2.28. The molecule has 1 aromatic rings. The molecule has 0 aromatic carbocycles. The summed E-state index contributed by atoms with van der Waals surface area (Å²) in [5.74, 6) is 3.85. The van der Waals surface area contributed by atoms with E-state index in [9.17, 15) is 0 Å². The van der Waals surface area contributed by atoms with E-state index in [1.165, 1.54) is 17.3 Å². The summed E-state index contributed by atoms with van der Waals surface area (Å²) in [6.07, 6.45) is 1.72. The monoisotopic (exact) mass is 274 g/mol. The molecule has 1 aliphatic rings. The summed E-state index contributed by atoms with van der Waals surface area (Å²) < 4.78 is 0. The Morgan fingerprint density at radius 3 is 3.19 bits per heavy atom. The van der Waals surface area contributed by atoms with Gasteiger partial charge in [0.15, 0.2) is 0 Å². The first-order valence-corrected chi connectivity index (χ1v) is 7.94. The fourth-order valence-electron chi connectivity index (χ4n) is 1.57. The second-order valence-electron chi connectivity index (χ2n) is 3.65. The van der Waals surface area contributed by atoms with E-state index in [0.717, 1.165) is 23.9 Å². The standard InChI is InChI=1S/C11H15ClN2S2/c12-11-9(2-1-3-14-11)6-13-7-10-8-15-4-5-16-10/h1-3,10,13H,4-8H2. The number of rotatable bonds is 4. The summed E-state index contributed by atoms with van der Waals surface area (Å²) >= 11 is 10.1. The first kappa shape index (κ1) is 12.6. The maximum absolute atomic E-state index is 5.99. The Morgan fingerprint density at radius 2 is 2.44 bits per heavy atom. The average Bonchev–Trinajstić information content (AvgIpc) is 2.33. The third kappa shape index (κ3) is 3.84. The van der Waals surface area contributed by atoms with E-state index < -0.39 is 0 Å². The third-order valence-electron chi connectivity index (χ3n) is 2.41. The van der Waals surface area contributed by atoms with Gasteiger partial charge in [0.1, 0.15) is 5.15 Å². The highest BCUT2D eigenvalue weighted by Gasteiger charge is 2.13. The quantitative estimate of drug-likeness (QED) is 0.854. The van der Waals surface area contributed by atoms with Crippen LogP contribution in [0, 0.1) is 0 Å². The van der Waals surface area contributed by atoms with Crippen LogP contribution in [0.5, 0.6) is 0 Å². The number of nitrogens with one attached hydrogen (secondary N) is 1. The first-order chi connectivity index (χ1) is 7.86. The van der Waals surface area contributed by atoms with Crippen LogP contribution >= 0.6 is 35.1 Å². The minimum atomic E-state index is 0.612. The molecule has 1 aliphatic heterocycles. The Balaban J connectivity index is 1.73. The highest BCUT2D eigenvalue weighted by Crippen LogP contribution is 2.23. The van der Waals surface area contributed by atoms with Crippen LogP contribution < -0.4 is 5.32 Å². The molecule has 2 rings (SSSR count). The molecule has 2 nitrogen and oxygen atoms in total. The third-order valence-corrected chi connectivity index (χ3v) is 5.59. The van der Waals surface area contributed by atoms with Crippen LogP contribution in [0.4, 0.5) is 0 Å². The van der Waals surface area contributed by atoms with Gasteiger partial charge in [-0.1, -0.05) is 17.7 Å². The zero-order chi connectivity index (χ0) is 11.2. The van der Waals surface area contributed by atoms with Gasteiger partial charge in [-0.25, -0.2) is 4.98 Å². The Morgan fingerprint density at radius 1 is 1.50 bits per heavy atom. The molecular weight excluding hydrogens is 260 g/mol. The number of thioether (sulfide) groups is 2. The lowest BCUT2D eigenvalue weighted by Gasteiger charge is -2.21. The predicted molar refractivity (Wildman–Crippen MR) is 74.5 cm³/mol. The Bertz CT molecular complexity index is 330. The van der Waals surface area contributed by atoms with Gasteiger partial charge in [0.2, 0.25) is 0 Å². The van der Waals surface area contributed by atoms with Gasteiger partial charge < -0.3 is 5.32 Å². The van der Waals surface area contributed by atoms with E-state index in [1.807, 2.05) is 12.1 Å². The van der Waals surface area contributed by atoms with Crippen molar-refractivity contribution >= 4 is 35.1 Å². The Kier molecular flexibility index (Phi) is 5.29. The Hall–Kier alpha value is 0.1000. The molecular formula is C11H15ClN2S2. The smallest absolute Gasteiger partial charge is 0.133 e. The number of hydrogen-bond donors (Lipinski definition) is 1. The van der Waals surface area contributed by atoms with Gasteiger partial charge in [0.25, 0.3) is 0 Å². The van der Waals surface area contributed by atoms with Crippen LogP contribution in [0.25, 0.3) is 0 Å². The minimum Gasteiger partial charge on any atom is -0.311 e. The first-order valence-electron chi connectivity index (χ1n) is 5.36. The van der Waals surface area contributed by atoms with Crippen molar-refractivity contribution < 1.29 is 0 Å². The van der Waals surface area contributed by atoms with Gasteiger partial charge in [-0.2, -0.15) is 23.5 Å². The molecule has 88 valence electrons. The maximum atomic E-state index is 5.99. The summed E-state index contributed by atoms with van der Waals surface area (Å²) in [5.41, 5.74) is 1.08. The van der Waals surface area contributed by atoms with Gasteiger partial charge >= 0.3 is 0 Å². The van der Waals surface area contributed by atoms with Crippen molar-refractivity contribution in [2.45, 2.75) is 11.8 Å². The molecule has 0 spiro atoms. The topological polar surface area (TPSA) is 24.9 Å². The molecule has 0 amide bonds. The number of nitrogens with zero attached hydrogens (tertiary/aromatic N) is 1. The van der Waals surface area contributed by atoms with Gasteiger partial charge in [0, 0.05) is 47.4 Å². The van der Waals surface area contributed by atoms with Gasteiger partial charge in [0.05, 0.1) is 0 Å². The van der Waals surface area contributed by atoms with Gasteiger partial charge in [-0.05, 0) is 6.07 Å². The highest BCUT2D eigenvalue weighted by atomic mass is 35.5. The van der Waals surface area contributed by atoms with E-state index in [0.29, 0.717) is 5.15 Å². The van der Waals surface area contributed by atoms with Crippen molar-refractivity contribution in [2.24, 2.45) is 0 Å². The van der Waals surface area contributed by atoms with Crippen LogP contribution in [0.2, 0.25) is 5.15 Å². The average molecular weight is 275 g/mol. The normalized spacial score (nSPS) is 20.9. The fraction of sp³-hybridized carbons (Fsp3) is 0.545. The molecule has 1 fully saturated rings. The minimum absolute atomic E-state index is 0.612. The summed E-state index contributed by atoms with van der Waals surface area (Å²) in [4.78, 5) is 4.06. The number of aromatic nitrogens is 1. The van der Waals surface area contributed by atoms with Crippen LogP contribution in [-0.4, -0.2) is 34.0 Å². The van der Waals surface area contributed by atoms with Crippen molar-refractivity contribution in [1.82, 2.24) is 10.3 Å². The lowest BCUT2D eigenvalue weighted by molar-refractivity contribution is 0.685. The summed E-state index contributed by atoms with van der Waals surface area (Å²) in [5, 5.41) is 4.81. The SMILES string of the molecule is Clc1ncccc1CNCC1CSCCS1. The molecule has 1 atom stereocenters. The largest absolute Gasteiger partial charge is 0.311 e. The highest BCUT2D eigenvalue weighted by molar-refractivity contribution is 8.06. The molecule has 16 heavy (non-hydrogen) atoms. The number of pyridine rings is 1. The molecule has 0 bridgehead atoms. The second-order valence-corrected chi connectivity index (χ2v) is 6.57. The molecule has 5 heteroatoms. The molecule has 1 aromatic heterocycles. The summed E-state index contributed by atoms with van der Waals surface area (Å²) in [6, 6.07) is 3.94. The zero-order valence-electron chi connectivity index (χ0n) is 8.99. The number of hydrogen-bond acceptors (Lipinski definition) is 4. The van der Waals surface area contributed by atoms with Crippen LogP contribution in [-0.2, 0) is 6.54 Å². The molecule has 1 N–H and O–H groups in total. The van der Waals surface area contributed by atoms with Crippen LogP contribution in [0.3, 0.4) is 0 Å². The molecule has 0 aliphatic carbocycles. The van der Waals surface area contributed by atoms with E-state index in [1.54, 1.807) is 6.20 Å². The zero-order valence-corrected chi connectivity index (χ0v) is 11.4. The van der Waals surface area contributed by atoms with E-state index >= 15 is 0 Å². The van der Waals surface area contributed by atoms with Crippen LogP contribution in [0.1, 0.15) is 5.56 Å². The molecule has 2 heterocycles. The lowest BCUT2D eigenvalue weighted by atomic mass is 10.3. The Labute approximate surface area is 110 Å². The van der Waals surface area contributed by atoms with E-state index in [2.05, 4.69) is 33.8 Å². The maximum Gasteiger partial charge on any atom is 0.133 e. The van der Waals surface area contributed by atoms with Gasteiger partial charge in [-0.15, -0.1) is 0 Å².